The molecule has 0 aromatic carbocycles. The van der Waals surface area contributed by atoms with E-state index in [-0.39, 0.29) is 0 Å². The highest BCUT2D eigenvalue weighted by Crippen LogP contribution is 2.64. The molecule has 144 valence electrons. The average molecular weight is 454 g/mol. The van der Waals surface area contributed by atoms with Crippen molar-refractivity contribution in [3.63, 3.8) is 0 Å². The lowest BCUT2D eigenvalue weighted by Gasteiger charge is -2.11. The van der Waals surface area contributed by atoms with Crippen LogP contribution in [0.25, 0.3) is 0 Å². The first-order valence-electron chi connectivity index (χ1n) is 3.84. The Morgan fingerprint density at radius 1 is 0.435 bits per heavy atom. The van der Waals surface area contributed by atoms with E-state index < -0.39 is 39.1 Å². The molecule has 0 rings (SSSR count). The second kappa shape index (κ2) is 9.94. The fourth-order valence-electron chi connectivity index (χ4n) is 0.284. The van der Waals surface area contributed by atoms with Gasteiger partial charge in [0.1, 0.15) is 0 Å². The SMILES string of the molecule is O=P(O)(O)O.O=P(O)(O)O.O=P(O)(O)OP(=O)(O)OP(=O)(O)O. The summed E-state index contributed by atoms with van der Waals surface area (Å²) in [5.41, 5.74) is 0. The minimum Gasteiger partial charge on any atom is -0.303 e. The normalized spacial score (nSPS) is 13.3. The maximum Gasteiger partial charge on any atom is 0.490 e. The maximum atomic E-state index is 10.4. The smallest absolute Gasteiger partial charge is 0.303 e. The summed E-state index contributed by atoms with van der Waals surface area (Å²) in [5.74, 6) is 0. The zero-order valence-electron chi connectivity index (χ0n) is 10.0. The van der Waals surface area contributed by atoms with Gasteiger partial charge in [0.05, 0.1) is 0 Å². The van der Waals surface area contributed by atoms with E-state index in [1.807, 2.05) is 0 Å². The molecule has 0 aliphatic heterocycles. The third kappa shape index (κ3) is 60.4. The third-order valence-corrected chi connectivity index (χ3v) is 3.77. The van der Waals surface area contributed by atoms with Gasteiger partial charge in [-0.25, -0.2) is 22.8 Å². The lowest BCUT2D eigenvalue weighted by atomic mass is 15.7. The summed E-state index contributed by atoms with van der Waals surface area (Å²) in [6, 6.07) is 0. The predicted molar refractivity (Wildman–Crippen MR) is 64.6 cm³/mol. The Kier molecular flexibility index (Phi) is 12.3. The van der Waals surface area contributed by atoms with Crippen LogP contribution in [0.5, 0.6) is 0 Å². The summed E-state index contributed by atoms with van der Waals surface area (Å²) >= 11 is 0. The van der Waals surface area contributed by atoms with E-state index in [9.17, 15) is 13.7 Å². The van der Waals surface area contributed by atoms with Crippen LogP contribution in [0.15, 0.2) is 0 Å². The molecular formula is H11O18P5. The van der Waals surface area contributed by atoms with Gasteiger partial charge in [0, 0.05) is 0 Å². The number of hydrogen-bond acceptors (Lipinski definition) is 7. The minimum absolute atomic E-state index is 3.06. The van der Waals surface area contributed by atoms with Gasteiger partial charge in [-0.2, -0.15) is 8.62 Å². The fraction of sp³-hybridized carbons (Fsp3) is 0. The van der Waals surface area contributed by atoms with Crippen LogP contribution in [-0.2, 0) is 31.4 Å². The van der Waals surface area contributed by atoms with Crippen molar-refractivity contribution in [1.82, 2.24) is 0 Å². The predicted octanol–water partition coefficient (Wildman–Crippen LogP) is -2.55. The summed E-state index contributed by atoms with van der Waals surface area (Å²) in [6.07, 6.45) is 0. The van der Waals surface area contributed by atoms with Crippen LogP contribution >= 0.6 is 39.1 Å². The van der Waals surface area contributed by atoms with Crippen molar-refractivity contribution in [2.24, 2.45) is 0 Å². The highest BCUT2D eigenvalue weighted by molar-refractivity contribution is 7.66. The lowest BCUT2D eigenvalue weighted by Crippen LogP contribution is -1.91. The van der Waals surface area contributed by atoms with E-state index in [1.54, 1.807) is 0 Å². The molecule has 0 aliphatic rings. The third-order valence-electron chi connectivity index (χ3n) is 0.419. The van der Waals surface area contributed by atoms with Crippen LogP contribution in [0, 0.1) is 0 Å². The van der Waals surface area contributed by atoms with Crippen LogP contribution in [0.4, 0.5) is 0 Å². The highest BCUT2D eigenvalue weighted by Gasteiger charge is 2.38. The van der Waals surface area contributed by atoms with Gasteiger partial charge in [-0.3, -0.25) is 0 Å². The Hall–Kier alpha value is 0.630. The standard InChI is InChI=1S/H5O10P3.2H3O4P/c1-11(2,3)9-13(7,8)10-12(4,5)6;2*1-5(2,3)4/h(H,7,8)(H2,1,2,3)(H2,4,5,6);2*(H3,1,2,3,4). The monoisotopic (exact) mass is 454 g/mol. The van der Waals surface area contributed by atoms with E-state index in [1.165, 1.54) is 0 Å². The second-order valence-electron chi connectivity index (χ2n) is 2.64. The van der Waals surface area contributed by atoms with Gasteiger partial charge < -0.3 is 53.8 Å². The molecule has 0 amide bonds. The van der Waals surface area contributed by atoms with Gasteiger partial charge in [0.15, 0.2) is 0 Å². The molecule has 11 N–H and O–H groups in total. The molecule has 23 heteroatoms. The van der Waals surface area contributed by atoms with Gasteiger partial charge in [0.25, 0.3) is 0 Å². The zero-order chi connectivity index (χ0) is 19.9. The quantitative estimate of drug-likeness (QED) is 0.195. The first kappa shape index (κ1) is 28.4. The Bertz CT molecular complexity index is 492. The van der Waals surface area contributed by atoms with Gasteiger partial charge in [-0.15, -0.1) is 0 Å². The van der Waals surface area contributed by atoms with Crippen LogP contribution in [-0.4, -0.2) is 53.8 Å². The molecule has 0 unspecified atom stereocenters. The van der Waals surface area contributed by atoms with Crippen LogP contribution in [0.3, 0.4) is 0 Å². The van der Waals surface area contributed by atoms with E-state index in [2.05, 4.69) is 8.62 Å². The maximum absolute atomic E-state index is 10.4. The Morgan fingerprint density at radius 3 is 0.652 bits per heavy atom. The van der Waals surface area contributed by atoms with Crippen molar-refractivity contribution in [3.05, 3.63) is 0 Å². The topological polar surface area (TPSA) is 326 Å². The highest BCUT2D eigenvalue weighted by atomic mass is 31.3. The van der Waals surface area contributed by atoms with Gasteiger partial charge in [-0.1, -0.05) is 0 Å². The Labute approximate surface area is 125 Å². The van der Waals surface area contributed by atoms with Crippen molar-refractivity contribution >= 4 is 39.1 Å². The van der Waals surface area contributed by atoms with Crippen molar-refractivity contribution in [2.45, 2.75) is 0 Å². The van der Waals surface area contributed by atoms with E-state index >= 15 is 0 Å². The van der Waals surface area contributed by atoms with E-state index in [0.717, 1.165) is 0 Å². The van der Waals surface area contributed by atoms with Gasteiger partial charge in [0.2, 0.25) is 0 Å². The van der Waals surface area contributed by atoms with Crippen molar-refractivity contribution in [2.75, 3.05) is 0 Å². The molecule has 18 nitrogen and oxygen atoms in total. The Balaban J connectivity index is -0.000000329. The molecule has 0 radical (unpaired) electrons. The van der Waals surface area contributed by atoms with E-state index in [4.69, 9.17) is 63.0 Å². The van der Waals surface area contributed by atoms with E-state index in [0.29, 0.717) is 0 Å². The molecule has 0 saturated heterocycles. The minimum atomic E-state index is -5.46. The molecule has 0 fully saturated rings. The van der Waals surface area contributed by atoms with Crippen molar-refractivity contribution < 1.29 is 85.3 Å². The first-order valence-corrected chi connectivity index (χ1v) is 11.5. The molecular weight excluding hydrogens is 443 g/mol. The average Bonchev–Trinajstić information content (AvgIpc) is 1.81. The molecule has 0 aromatic heterocycles. The van der Waals surface area contributed by atoms with Crippen molar-refractivity contribution in [3.8, 4) is 0 Å². The summed E-state index contributed by atoms with van der Waals surface area (Å²) < 4.78 is 54.1. The fourth-order valence-corrected chi connectivity index (χ4v) is 2.82. The molecule has 23 heavy (non-hydrogen) atoms. The number of hydrogen-bond donors (Lipinski definition) is 11. The largest absolute Gasteiger partial charge is 0.490 e. The first-order chi connectivity index (χ1) is 9.41. The number of phosphoric acid groups is 5. The summed E-state index contributed by atoms with van der Waals surface area (Å²) in [7, 11) is -25.4. The number of rotatable bonds is 4. The van der Waals surface area contributed by atoms with Crippen LogP contribution < -0.4 is 0 Å². The molecule has 0 aromatic rings. The lowest BCUT2D eigenvalue weighted by molar-refractivity contribution is 0.204. The van der Waals surface area contributed by atoms with Gasteiger partial charge in [-0.05, 0) is 0 Å². The molecule has 0 atom stereocenters. The van der Waals surface area contributed by atoms with Gasteiger partial charge >= 0.3 is 39.1 Å². The zero-order valence-corrected chi connectivity index (χ0v) is 14.5. The summed E-state index contributed by atoms with van der Waals surface area (Å²) in [5, 5.41) is 0. The summed E-state index contributed by atoms with van der Waals surface area (Å²) in [4.78, 5) is 83.3. The van der Waals surface area contributed by atoms with Crippen molar-refractivity contribution in [1.29, 1.82) is 0 Å². The molecule has 0 spiro atoms. The molecule has 0 bridgehead atoms. The molecule has 0 saturated carbocycles. The second-order valence-corrected chi connectivity index (χ2v) is 8.90. The summed E-state index contributed by atoms with van der Waals surface area (Å²) in [6.45, 7) is 0. The molecule has 0 heterocycles. The van der Waals surface area contributed by atoms with Crippen LogP contribution in [0.2, 0.25) is 0 Å². The van der Waals surface area contributed by atoms with Crippen LogP contribution in [0.1, 0.15) is 0 Å². The Morgan fingerprint density at radius 2 is 0.565 bits per heavy atom. The molecule has 0 aliphatic carbocycles.